The lowest BCUT2D eigenvalue weighted by atomic mass is 10.0. The van der Waals surface area contributed by atoms with Crippen LogP contribution in [-0.4, -0.2) is 42.0 Å². The van der Waals surface area contributed by atoms with Crippen LogP contribution in [0.15, 0.2) is 36.5 Å². The van der Waals surface area contributed by atoms with Gasteiger partial charge >= 0.3 is 0 Å². The molecule has 0 fully saturated rings. The van der Waals surface area contributed by atoms with Crippen molar-refractivity contribution in [2.75, 3.05) is 19.5 Å². The van der Waals surface area contributed by atoms with Crippen molar-refractivity contribution in [2.24, 2.45) is 0 Å². The molecular weight excluding hydrogens is 384 g/mol. The zero-order chi connectivity index (χ0) is 21.6. The maximum Gasteiger partial charge on any atom is 0.252 e. The van der Waals surface area contributed by atoms with Gasteiger partial charge in [0.05, 0.1) is 6.04 Å². The van der Waals surface area contributed by atoms with Gasteiger partial charge in [-0.2, -0.15) is 0 Å². The maximum atomic E-state index is 13.7. The van der Waals surface area contributed by atoms with E-state index in [2.05, 4.69) is 10.3 Å². The third-order valence-corrected chi connectivity index (χ3v) is 4.31. The number of rotatable bonds is 9. The number of carbonyl (C=O) groups excluding carboxylic acids is 2. The van der Waals surface area contributed by atoms with Gasteiger partial charge in [0.1, 0.15) is 18.0 Å². The van der Waals surface area contributed by atoms with E-state index in [-0.39, 0.29) is 12.2 Å². The number of nitrogens with two attached hydrogens (primary N) is 1. The molecular formula is C20H23F2N3O4. The Morgan fingerprint density at radius 3 is 2.48 bits per heavy atom. The van der Waals surface area contributed by atoms with Crippen molar-refractivity contribution in [1.82, 2.24) is 10.3 Å². The number of hydrogen-bond donors (Lipinski definition) is 2. The number of nitrogens with one attached hydrogen (secondary N) is 1. The van der Waals surface area contributed by atoms with E-state index in [0.29, 0.717) is 5.56 Å². The molecule has 7 nitrogen and oxygen atoms in total. The predicted octanol–water partition coefficient (Wildman–Crippen LogP) is 2.04. The van der Waals surface area contributed by atoms with Crippen molar-refractivity contribution in [3.05, 3.63) is 53.7 Å². The molecule has 1 atom stereocenters. The summed E-state index contributed by atoms with van der Waals surface area (Å²) in [6, 6.07) is 5.38. The minimum absolute atomic E-state index is 0.0835. The number of methoxy groups -OCH3 is 1. The molecule has 1 aromatic carbocycles. The van der Waals surface area contributed by atoms with Crippen LogP contribution in [0.5, 0.6) is 5.75 Å². The number of anilines is 1. The summed E-state index contributed by atoms with van der Waals surface area (Å²) in [5.41, 5.74) is 5.11. The second-order valence-corrected chi connectivity index (χ2v) is 6.84. The fraction of sp³-hybridized carbons (Fsp3) is 0.350. The average Bonchev–Trinajstić information content (AvgIpc) is 2.66. The second kappa shape index (κ2) is 9.42. The van der Waals surface area contributed by atoms with Gasteiger partial charge < -0.3 is 20.5 Å². The van der Waals surface area contributed by atoms with Crippen molar-refractivity contribution < 1.29 is 27.8 Å². The van der Waals surface area contributed by atoms with Crippen molar-refractivity contribution in [3.8, 4) is 5.75 Å². The molecule has 1 unspecified atom stereocenters. The van der Waals surface area contributed by atoms with E-state index >= 15 is 0 Å². The van der Waals surface area contributed by atoms with Crippen molar-refractivity contribution in [1.29, 1.82) is 0 Å². The fourth-order valence-corrected chi connectivity index (χ4v) is 2.39. The Morgan fingerprint density at radius 2 is 1.90 bits per heavy atom. The van der Waals surface area contributed by atoms with Crippen LogP contribution in [0.2, 0.25) is 0 Å². The molecule has 0 saturated carbocycles. The van der Waals surface area contributed by atoms with E-state index in [4.69, 9.17) is 15.2 Å². The number of benzene rings is 1. The highest BCUT2D eigenvalue weighted by Crippen LogP contribution is 2.21. The highest BCUT2D eigenvalue weighted by molar-refractivity contribution is 5.92. The third kappa shape index (κ3) is 5.95. The number of hydrogen-bond acceptors (Lipinski definition) is 6. The van der Waals surface area contributed by atoms with Gasteiger partial charge in [-0.05, 0) is 43.7 Å². The van der Waals surface area contributed by atoms with Gasteiger partial charge in [0.15, 0.2) is 23.2 Å². The SMILES string of the molecule is COC(C)(C)C(=O)NC(Cc1ccnc(N)c1)C(=O)COc1c(F)cccc1F. The van der Waals surface area contributed by atoms with Crippen molar-refractivity contribution >= 4 is 17.5 Å². The second-order valence-electron chi connectivity index (χ2n) is 6.84. The number of Topliss-reactive ketones (excluding diaryl/α,β-unsaturated/α-hetero) is 1. The standard InChI is InChI=1S/C20H23F2N3O4/c1-20(2,28-3)19(27)25-15(9-12-7-8-24-17(23)10-12)16(26)11-29-18-13(21)5-4-6-14(18)22/h4-8,10,15H,9,11H2,1-3H3,(H2,23,24)(H,25,27). The number of carbonyl (C=O) groups is 2. The zero-order valence-corrected chi connectivity index (χ0v) is 16.4. The van der Waals surface area contributed by atoms with Crippen LogP contribution in [0.4, 0.5) is 14.6 Å². The lowest BCUT2D eigenvalue weighted by Crippen LogP contribution is -2.52. The van der Waals surface area contributed by atoms with Crippen LogP contribution >= 0.6 is 0 Å². The number of nitrogens with zero attached hydrogens (tertiary/aromatic N) is 1. The number of nitrogen functional groups attached to an aromatic ring is 1. The molecule has 0 bridgehead atoms. The first-order chi connectivity index (χ1) is 13.6. The van der Waals surface area contributed by atoms with Crippen LogP contribution in [0.25, 0.3) is 0 Å². The summed E-state index contributed by atoms with van der Waals surface area (Å²) in [4.78, 5) is 29.0. The van der Waals surface area contributed by atoms with E-state index in [9.17, 15) is 18.4 Å². The van der Waals surface area contributed by atoms with Crippen molar-refractivity contribution in [3.63, 3.8) is 0 Å². The highest BCUT2D eigenvalue weighted by Gasteiger charge is 2.31. The Morgan fingerprint density at radius 1 is 1.24 bits per heavy atom. The number of aromatic nitrogens is 1. The summed E-state index contributed by atoms with van der Waals surface area (Å²) in [5.74, 6) is -3.37. The lowest BCUT2D eigenvalue weighted by molar-refractivity contribution is -0.142. The summed E-state index contributed by atoms with van der Waals surface area (Å²) < 4.78 is 37.6. The Labute approximate surface area is 167 Å². The number of para-hydroxylation sites is 1. The van der Waals surface area contributed by atoms with Gasteiger partial charge in [0, 0.05) is 19.7 Å². The fourth-order valence-electron chi connectivity index (χ4n) is 2.39. The van der Waals surface area contributed by atoms with E-state index in [1.54, 1.807) is 26.0 Å². The van der Waals surface area contributed by atoms with Crippen LogP contribution in [-0.2, 0) is 20.7 Å². The summed E-state index contributed by atoms with van der Waals surface area (Å²) in [6.07, 6.45) is 1.55. The molecule has 1 amide bonds. The van der Waals surface area contributed by atoms with Gasteiger partial charge in [-0.25, -0.2) is 13.8 Å². The van der Waals surface area contributed by atoms with Crippen LogP contribution in [0.1, 0.15) is 19.4 Å². The van der Waals surface area contributed by atoms with Gasteiger partial charge in [0.2, 0.25) is 0 Å². The first kappa shape index (κ1) is 22.2. The quantitative estimate of drug-likeness (QED) is 0.659. The number of amides is 1. The van der Waals surface area contributed by atoms with Gasteiger partial charge in [-0.1, -0.05) is 6.07 Å². The molecule has 0 aliphatic carbocycles. The van der Waals surface area contributed by atoms with Gasteiger partial charge in [-0.15, -0.1) is 0 Å². The monoisotopic (exact) mass is 407 g/mol. The van der Waals surface area contributed by atoms with E-state index in [1.807, 2.05) is 0 Å². The zero-order valence-electron chi connectivity index (χ0n) is 16.4. The van der Waals surface area contributed by atoms with Crippen LogP contribution < -0.4 is 15.8 Å². The minimum atomic E-state index is -1.19. The number of pyridine rings is 1. The Balaban J connectivity index is 2.18. The number of ether oxygens (including phenoxy) is 2. The molecule has 156 valence electrons. The highest BCUT2D eigenvalue weighted by atomic mass is 19.1. The molecule has 2 aromatic rings. The topological polar surface area (TPSA) is 104 Å². The minimum Gasteiger partial charge on any atom is -0.480 e. The maximum absolute atomic E-state index is 13.7. The molecule has 9 heteroatoms. The molecule has 1 aromatic heterocycles. The lowest BCUT2D eigenvalue weighted by Gasteiger charge is -2.26. The summed E-state index contributed by atoms with van der Waals surface area (Å²) in [5, 5.41) is 2.60. The smallest absolute Gasteiger partial charge is 0.252 e. The largest absolute Gasteiger partial charge is 0.480 e. The molecule has 29 heavy (non-hydrogen) atoms. The Kier molecular flexibility index (Phi) is 7.22. The first-order valence-corrected chi connectivity index (χ1v) is 8.80. The summed E-state index contributed by atoms with van der Waals surface area (Å²) >= 11 is 0. The number of ketones is 1. The molecule has 0 aliphatic heterocycles. The van der Waals surface area contributed by atoms with E-state index < -0.39 is 47.3 Å². The summed E-state index contributed by atoms with van der Waals surface area (Å²) in [6.45, 7) is 2.44. The van der Waals surface area contributed by atoms with E-state index in [0.717, 1.165) is 12.1 Å². The molecule has 0 aliphatic rings. The van der Waals surface area contributed by atoms with Gasteiger partial charge in [-0.3, -0.25) is 9.59 Å². The Bertz CT molecular complexity index is 870. The Hall–Kier alpha value is -3.07. The molecule has 2 rings (SSSR count). The molecule has 3 N–H and O–H groups in total. The normalized spacial score (nSPS) is 12.3. The van der Waals surface area contributed by atoms with Crippen LogP contribution in [0, 0.1) is 11.6 Å². The molecule has 0 spiro atoms. The summed E-state index contributed by atoms with van der Waals surface area (Å²) in [7, 11) is 1.37. The predicted molar refractivity (Wildman–Crippen MR) is 102 cm³/mol. The molecule has 0 saturated heterocycles. The number of halogens is 2. The van der Waals surface area contributed by atoms with Gasteiger partial charge in [0.25, 0.3) is 5.91 Å². The van der Waals surface area contributed by atoms with Crippen LogP contribution in [0.3, 0.4) is 0 Å². The van der Waals surface area contributed by atoms with Crippen molar-refractivity contribution in [2.45, 2.75) is 31.9 Å². The first-order valence-electron chi connectivity index (χ1n) is 8.80. The third-order valence-electron chi connectivity index (χ3n) is 4.31. The molecule has 1 heterocycles. The average molecular weight is 407 g/mol. The van der Waals surface area contributed by atoms with E-state index in [1.165, 1.54) is 19.4 Å². The molecule has 0 radical (unpaired) electrons.